The van der Waals surface area contributed by atoms with Gasteiger partial charge in [0, 0.05) is 5.69 Å². The van der Waals surface area contributed by atoms with Crippen LogP contribution in [0.15, 0.2) is 24.3 Å². The smallest absolute Gasteiger partial charge is 0.335 e. The monoisotopic (exact) mass is 281 g/mol. The van der Waals surface area contributed by atoms with Gasteiger partial charge in [-0.15, -0.1) is 11.8 Å². The number of aromatic carboxylic acids is 1. The van der Waals surface area contributed by atoms with Gasteiger partial charge in [-0.2, -0.15) is 0 Å². The molecule has 0 aliphatic heterocycles. The highest BCUT2D eigenvalue weighted by Crippen LogP contribution is 2.21. The predicted octanol–water partition coefficient (Wildman–Crippen LogP) is 3.10. The molecule has 0 aliphatic carbocycles. The van der Waals surface area contributed by atoms with E-state index in [-0.39, 0.29) is 22.6 Å². The minimum absolute atomic E-state index is 0.0371. The second-order valence-electron chi connectivity index (χ2n) is 4.49. The van der Waals surface area contributed by atoms with E-state index < -0.39 is 5.97 Å². The number of anilines is 1. The van der Waals surface area contributed by atoms with E-state index in [9.17, 15) is 9.59 Å². The highest BCUT2D eigenvalue weighted by molar-refractivity contribution is 8.00. The van der Waals surface area contributed by atoms with E-state index in [4.69, 9.17) is 5.11 Å². The van der Waals surface area contributed by atoms with Gasteiger partial charge in [0.05, 0.1) is 10.8 Å². The molecule has 0 radical (unpaired) electrons. The van der Waals surface area contributed by atoms with Gasteiger partial charge in [-0.25, -0.2) is 4.79 Å². The summed E-state index contributed by atoms with van der Waals surface area (Å²) in [5, 5.41) is 11.5. The van der Waals surface area contributed by atoms with Crippen LogP contribution in [0.2, 0.25) is 0 Å². The molecule has 1 aromatic carbocycles. The van der Waals surface area contributed by atoms with Gasteiger partial charge < -0.3 is 10.4 Å². The van der Waals surface area contributed by atoms with E-state index in [0.29, 0.717) is 5.69 Å². The van der Waals surface area contributed by atoms with Gasteiger partial charge in [-0.05, 0) is 35.9 Å². The first-order valence-electron chi connectivity index (χ1n) is 6.21. The van der Waals surface area contributed by atoms with Crippen LogP contribution < -0.4 is 5.32 Å². The largest absolute Gasteiger partial charge is 0.478 e. The van der Waals surface area contributed by atoms with E-state index in [1.807, 2.05) is 20.8 Å². The molecule has 0 saturated carbocycles. The van der Waals surface area contributed by atoms with Gasteiger partial charge in [-0.3, -0.25) is 4.79 Å². The van der Waals surface area contributed by atoms with Crippen molar-refractivity contribution in [2.45, 2.75) is 26.0 Å². The molecule has 1 rings (SSSR count). The van der Waals surface area contributed by atoms with E-state index in [2.05, 4.69) is 5.32 Å². The number of nitrogens with one attached hydrogen (secondary N) is 1. The lowest BCUT2D eigenvalue weighted by molar-refractivity contribution is -0.116. The number of hydrogen-bond donors (Lipinski definition) is 2. The standard InChI is InChI=1S/C14H19NO3S/c1-4-19-12(9(2)3)13(16)15-11-7-5-10(6-8-11)14(17)18/h5-9,12H,4H2,1-3H3,(H,15,16)(H,17,18). The first kappa shape index (κ1) is 15.6. The normalized spacial score (nSPS) is 12.2. The Labute approximate surface area is 117 Å². The quantitative estimate of drug-likeness (QED) is 0.841. The Hall–Kier alpha value is -1.49. The zero-order valence-corrected chi connectivity index (χ0v) is 12.2. The molecule has 1 unspecified atom stereocenters. The lowest BCUT2D eigenvalue weighted by Gasteiger charge is -2.19. The average molecular weight is 281 g/mol. The molecule has 1 aromatic rings. The fourth-order valence-electron chi connectivity index (χ4n) is 1.66. The van der Waals surface area contributed by atoms with Crippen LogP contribution >= 0.6 is 11.8 Å². The molecule has 19 heavy (non-hydrogen) atoms. The van der Waals surface area contributed by atoms with Crippen molar-refractivity contribution in [1.29, 1.82) is 0 Å². The summed E-state index contributed by atoms with van der Waals surface area (Å²) in [4.78, 5) is 22.8. The summed E-state index contributed by atoms with van der Waals surface area (Å²) in [6, 6.07) is 6.18. The van der Waals surface area contributed by atoms with Crippen molar-refractivity contribution in [2.24, 2.45) is 5.92 Å². The lowest BCUT2D eigenvalue weighted by Crippen LogP contribution is -2.29. The van der Waals surface area contributed by atoms with E-state index in [1.165, 1.54) is 12.1 Å². The Balaban J connectivity index is 2.72. The summed E-state index contributed by atoms with van der Waals surface area (Å²) in [5.74, 6) is 0.126. The van der Waals surface area contributed by atoms with Crippen LogP contribution in [0.25, 0.3) is 0 Å². The van der Waals surface area contributed by atoms with Crippen LogP contribution in [-0.4, -0.2) is 28.0 Å². The molecular formula is C14H19NO3S. The summed E-state index contributed by atoms with van der Waals surface area (Å²) >= 11 is 1.61. The Bertz CT molecular complexity index is 443. The number of hydrogen-bond acceptors (Lipinski definition) is 3. The van der Waals surface area contributed by atoms with Gasteiger partial charge in [0.1, 0.15) is 0 Å². The number of carboxylic acids is 1. The number of carbonyl (C=O) groups excluding carboxylic acids is 1. The molecular weight excluding hydrogens is 262 g/mol. The van der Waals surface area contributed by atoms with Crippen molar-refractivity contribution in [3.8, 4) is 0 Å². The van der Waals surface area contributed by atoms with E-state index in [1.54, 1.807) is 23.9 Å². The van der Waals surface area contributed by atoms with Gasteiger partial charge >= 0.3 is 5.97 Å². The first-order chi connectivity index (χ1) is 8.95. The molecule has 0 aromatic heterocycles. The van der Waals surface area contributed by atoms with Crippen molar-refractivity contribution in [2.75, 3.05) is 11.1 Å². The Kier molecular flexibility index (Phi) is 5.89. The van der Waals surface area contributed by atoms with Crippen LogP contribution in [0.4, 0.5) is 5.69 Å². The molecule has 4 nitrogen and oxygen atoms in total. The topological polar surface area (TPSA) is 66.4 Å². The predicted molar refractivity (Wildman–Crippen MR) is 78.8 cm³/mol. The fraction of sp³-hybridized carbons (Fsp3) is 0.429. The zero-order chi connectivity index (χ0) is 14.4. The summed E-state index contributed by atoms with van der Waals surface area (Å²) in [6.07, 6.45) is 0. The molecule has 0 heterocycles. The molecule has 0 aliphatic rings. The van der Waals surface area contributed by atoms with Crippen molar-refractivity contribution < 1.29 is 14.7 Å². The summed E-state index contributed by atoms with van der Waals surface area (Å²) in [5.41, 5.74) is 0.832. The van der Waals surface area contributed by atoms with Crippen LogP contribution in [0, 0.1) is 5.92 Å². The maximum Gasteiger partial charge on any atom is 0.335 e. The molecule has 0 fully saturated rings. The van der Waals surface area contributed by atoms with Crippen molar-refractivity contribution in [1.82, 2.24) is 0 Å². The third-order valence-corrected chi connectivity index (χ3v) is 4.06. The summed E-state index contributed by atoms with van der Waals surface area (Å²) in [7, 11) is 0. The van der Waals surface area contributed by atoms with Gasteiger partial charge in [0.25, 0.3) is 0 Å². The molecule has 1 amide bonds. The fourth-order valence-corrected chi connectivity index (χ4v) is 2.61. The molecule has 104 valence electrons. The highest BCUT2D eigenvalue weighted by Gasteiger charge is 2.21. The third-order valence-electron chi connectivity index (χ3n) is 2.61. The molecule has 0 spiro atoms. The van der Waals surface area contributed by atoms with Crippen LogP contribution in [0.5, 0.6) is 0 Å². The number of thioether (sulfide) groups is 1. The first-order valence-corrected chi connectivity index (χ1v) is 7.26. The molecule has 1 atom stereocenters. The van der Waals surface area contributed by atoms with Crippen LogP contribution in [0.1, 0.15) is 31.1 Å². The molecule has 2 N–H and O–H groups in total. The highest BCUT2D eigenvalue weighted by atomic mass is 32.2. The molecule has 0 bridgehead atoms. The van der Waals surface area contributed by atoms with Crippen molar-refractivity contribution >= 4 is 29.3 Å². The number of rotatable bonds is 6. The zero-order valence-electron chi connectivity index (χ0n) is 11.3. The maximum atomic E-state index is 12.1. The van der Waals surface area contributed by atoms with Gasteiger partial charge in [-0.1, -0.05) is 20.8 Å². The summed E-state index contributed by atoms with van der Waals surface area (Å²) < 4.78 is 0. The number of carboxylic acid groups (broad SMARTS) is 1. The number of carbonyl (C=O) groups is 2. The third kappa shape index (κ3) is 4.59. The van der Waals surface area contributed by atoms with Crippen molar-refractivity contribution in [3.63, 3.8) is 0 Å². The number of amides is 1. The Morgan fingerprint density at radius 3 is 2.26 bits per heavy atom. The van der Waals surface area contributed by atoms with Crippen LogP contribution in [0.3, 0.4) is 0 Å². The minimum atomic E-state index is -0.973. The Morgan fingerprint density at radius 2 is 1.84 bits per heavy atom. The van der Waals surface area contributed by atoms with Gasteiger partial charge in [0.2, 0.25) is 5.91 Å². The number of benzene rings is 1. The SMILES string of the molecule is CCSC(C(=O)Nc1ccc(C(=O)O)cc1)C(C)C. The van der Waals surface area contributed by atoms with Crippen molar-refractivity contribution in [3.05, 3.63) is 29.8 Å². The second-order valence-corrected chi connectivity index (χ2v) is 5.91. The van der Waals surface area contributed by atoms with Gasteiger partial charge in [0.15, 0.2) is 0 Å². The van der Waals surface area contributed by atoms with E-state index >= 15 is 0 Å². The van der Waals surface area contributed by atoms with E-state index in [0.717, 1.165) is 5.75 Å². The average Bonchev–Trinajstić information content (AvgIpc) is 2.36. The molecule has 0 saturated heterocycles. The second kappa shape index (κ2) is 7.19. The molecule has 5 heteroatoms. The summed E-state index contributed by atoms with van der Waals surface area (Å²) in [6.45, 7) is 6.05. The minimum Gasteiger partial charge on any atom is -0.478 e. The van der Waals surface area contributed by atoms with Crippen LogP contribution in [-0.2, 0) is 4.79 Å². The Morgan fingerprint density at radius 1 is 1.26 bits per heavy atom. The maximum absolute atomic E-state index is 12.1. The lowest BCUT2D eigenvalue weighted by atomic mass is 10.1.